The van der Waals surface area contributed by atoms with E-state index in [1.165, 1.54) is 0 Å². The molecule has 2 atom stereocenters. The number of methoxy groups -OCH3 is 2. The van der Waals surface area contributed by atoms with Crippen LogP contribution in [0.5, 0.6) is 23.0 Å². The van der Waals surface area contributed by atoms with Crippen LogP contribution in [-0.2, 0) is 11.3 Å². The summed E-state index contributed by atoms with van der Waals surface area (Å²) in [6.45, 7) is 3.30. The molecule has 0 saturated heterocycles. The monoisotopic (exact) mass is 797 g/mol. The number of aliphatic imine (C=N–C) groups is 2. The number of carbonyl (C=O) groups is 3. The Morgan fingerprint density at radius 3 is 2.15 bits per heavy atom. The highest BCUT2D eigenvalue weighted by molar-refractivity contribution is 6.05. The second kappa shape index (κ2) is 18.2. The van der Waals surface area contributed by atoms with E-state index in [1.807, 2.05) is 55.7 Å². The second-order valence-electron chi connectivity index (χ2n) is 14.5. The van der Waals surface area contributed by atoms with Crippen molar-refractivity contribution in [1.82, 2.24) is 9.80 Å². The lowest BCUT2D eigenvalue weighted by Crippen LogP contribution is -2.32. The molecule has 0 aromatic heterocycles. The predicted molar refractivity (Wildman–Crippen MR) is 226 cm³/mol. The van der Waals surface area contributed by atoms with E-state index in [2.05, 4.69) is 0 Å². The lowest BCUT2D eigenvalue weighted by atomic mass is 10.0. The highest BCUT2D eigenvalue weighted by Crippen LogP contribution is 2.40. The van der Waals surface area contributed by atoms with Crippen molar-refractivity contribution in [2.45, 2.75) is 57.7 Å². The Hall–Kier alpha value is -6.73. The third-order valence-electron chi connectivity index (χ3n) is 10.7. The zero-order chi connectivity index (χ0) is 41.5. The summed E-state index contributed by atoms with van der Waals surface area (Å²) in [5.41, 5.74) is 13.5. The van der Waals surface area contributed by atoms with Gasteiger partial charge in [0.25, 0.3) is 5.91 Å². The topological polar surface area (TPSA) is 166 Å². The molecule has 3 aliphatic rings. The molecule has 3 aliphatic heterocycles. The van der Waals surface area contributed by atoms with Gasteiger partial charge in [0.05, 0.1) is 62.0 Å². The number of hydrogen-bond donors (Lipinski definition) is 2. The van der Waals surface area contributed by atoms with E-state index in [4.69, 9.17) is 34.7 Å². The number of amides is 2. The Morgan fingerprint density at radius 2 is 1.51 bits per heavy atom. The van der Waals surface area contributed by atoms with Crippen LogP contribution in [0.15, 0.2) is 95.2 Å². The zero-order valence-electron chi connectivity index (χ0n) is 33.3. The minimum atomic E-state index is -0.990. The first kappa shape index (κ1) is 40.5. The van der Waals surface area contributed by atoms with Gasteiger partial charge < -0.3 is 39.6 Å². The third kappa shape index (κ3) is 9.05. The van der Waals surface area contributed by atoms with Gasteiger partial charge in [-0.15, -0.1) is 0 Å². The molecule has 0 radical (unpaired) electrons. The van der Waals surface area contributed by atoms with Gasteiger partial charge in [0.2, 0.25) is 6.41 Å². The number of nitrogens with two attached hydrogens (primary N) is 1. The van der Waals surface area contributed by atoms with Crippen LogP contribution in [0.2, 0.25) is 0 Å². The number of aromatic carboxylic acids is 1. The fourth-order valence-electron chi connectivity index (χ4n) is 7.32. The summed E-state index contributed by atoms with van der Waals surface area (Å²) in [6.07, 6.45) is 11.6. The van der Waals surface area contributed by atoms with Crippen molar-refractivity contribution in [2.24, 2.45) is 15.7 Å². The molecule has 3 N–H and O–H groups in total. The van der Waals surface area contributed by atoms with E-state index in [9.17, 15) is 19.5 Å². The molecular formula is C46H47N5O8. The smallest absolute Gasteiger partial charge is 0.335 e. The van der Waals surface area contributed by atoms with E-state index >= 15 is 0 Å². The summed E-state index contributed by atoms with van der Waals surface area (Å²) in [7, 11) is 3.15. The molecule has 4 aromatic carbocycles. The van der Waals surface area contributed by atoms with E-state index in [0.29, 0.717) is 72.5 Å². The molecule has 2 amide bonds. The summed E-state index contributed by atoms with van der Waals surface area (Å²) < 4.78 is 23.6. The Labute approximate surface area is 343 Å². The standard InChI is InChI=1S/C46H47N5O8/c1-29-17-41(56-2)43(21-39(29)48-24-36-18-34(26-50(36)28-52)32-11-13-33(14-12-32)46(54)55)58-15-5-4-6-16-59-44-22-40-38(20-42(44)57-3)45(53)51-27-35(19-37(51)25-49-40)31-9-7-30(23-47)8-10-31/h7-14,17,20-22,24-28,36-37H,4-6,15-16,18-19,23,47H2,1-3H3,(H,54,55)/b48-24-. The molecule has 0 fully saturated rings. The van der Waals surface area contributed by atoms with Crippen molar-refractivity contribution in [3.63, 3.8) is 0 Å². The fourth-order valence-corrected chi connectivity index (χ4v) is 7.32. The first-order valence-electron chi connectivity index (χ1n) is 19.5. The van der Waals surface area contributed by atoms with Gasteiger partial charge in [-0.3, -0.25) is 19.6 Å². The molecule has 0 bridgehead atoms. The van der Waals surface area contributed by atoms with E-state index in [1.54, 1.807) is 72.8 Å². The van der Waals surface area contributed by atoms with Gasteiger partial charge in [-0.2, -0.15) is 0 Å². The molecule has 59 heavy (non-hydrogen) atoms. The minimum absolute atomic E-state index is 0.140. The Kier molecular flexibility index (Phi) is 12.5. The Morgan fingerprint density at radius 1 is 0.864 bits per heavy atom. The molecule has 4 aromatic rings. The SMILES string of the molecule is COc1cc2c(cc1OCCCCCOc1cc(/N=C\C3CC(c4ccc(C(=O)O)cc4)=CN3C=O)c(C)cc1OC)N=CC1CC(c3ccc(CN)cc3)=CN1C2=O. The Bertz CT molecular complexity index is 2330. The van der Waals surface area contributed by atoms with Gasteiger partial charge in [0.15, 0.2) is 23.0 Å². The van der Waals surface area contributed by atoms with Crippen LogP contribution in [0.3, 0.4) is 0 Å². The minimum Gasteiger partial charge on any atom is -0.493 e. The second-order valence-corrected chi connectivity index (χ2v) is 14.5. The lowest BCUT2D eigenvalue weighted by molar-refractivity contribution is -0.116. The molecule has 3 heterocycles. The number of carboxylic acid groups (broad SMARTS) is 1. The molecule has 0 aliphatic carbocycles. The van der Waals surface area contributed by atoms with Gasteiger partial charge in [-0.1, -0.05) is 36.4 Å². The van der Waals surface area contributed by atoms with Crippen LogP contribution >= 0.6 is 0 Å². The van der Waals surface area contributed by atoms with Crippen LogP contribution in [0.25, 0.3) is 11.1 Å². The van der Waals surface area contributed by atoms with Crippen molar-refractivity contribution in [3.05, 3.63) is 119 Å². The third-order valence-corrected chi connectivity index (χ3v) is 10.7. The number of rotatable bonds is 17. The van der Waals surface area contributed by atoms with Crippen LogP contribution in [0, 0.1) is 6.92 Å². The molecular weight excluding hydrogens is 751 g/mol. The average Bonchev–Trinajstić information content (AvgIpc) is 3.86. The number of benzene rings is 4. The van der Waals surface area contributed by atoms with Gasteiger partial charge >= 0.3 is 5.97 Å². The Balaban J connectivity index is 0.909. The van der Waals surface area contributed by atoms with Crippen LogP contribution in [0.4, 0.5) is 11.4 Å². The summed E-state index contributed by atoms with van der Waals surface area (Å²) in [6, 6.07) is 21.4. The van der Waals surface area contributed by atoms with Crippen molar-refractivity contribution >= 4 is 53.2 Å². The molecule has 13 heteroatoms. The molecule has 0 spiro atoms. The number of unbranched alkanes of at least 4 members (excludes halogenated alkanes) is 2. The lowest BCUT2D eigenvalue weighted by Gasteiger charge is -2.19. The summed E-state index contributed by atoms with van der Waals surface area (Å²) in [4.78, 5) is 49.6. The van der Waals surface area contributed by atoms with Crippen molar-refractivity contribution in [1.29, 1.82) is 0 Å². The number of carboxylic acids is 1. The van der Waals surface area contributed by atoms with Crippen LogP contribution in [-0.4, -0.2) is 85.1 Å². The van der Waals surface area contributed by atoms with Crippen LogP contribution in [0.1, 0.15) is 75.1 Å². The molecule has 0 saturated carbocycles. The van der Waals surface area contributed by atoms with Gasteiger partial charge in [0, 0.05) is 56.3 Å². The zero-order valence-corrected chi connectivity index (χ0v) is 33.3. The maximum absolute atomic E-state index is 13.7. The first-order chi connectivity index (χ1) is 28.7. The maximum atomic E-state index is 13.7. The van der Waals surface area contributed by atoms with E-state index in [-0.39, 0.29) is 23.6 Å². The maximum Gasteiger partial charge on any atom is 0.335 e. The number of aryl methyl sites for hydroxylation is 1. The highest BCUT2D eigenvalue weighted by Gasteiger charge is 2.33. The quantitative estimate of drug-likeness (QED) is 0.0618. The van der Waals surface area contributed by atoms with Crippen molar-refractivity contribution in [2.75, 3.05) is 27.4 Å². The molecule has 304 valence electrons. The predicted octanol–water partition coefficient (Wildman–Crippen LogP) is 7.74. The molecule has 7 rings (SSSR count). The van der Waals surface area contributed by atoms with Crippen molar-refractivity contribution in [3.8, 4) is 23.0 Å². The van der Waals surface area contributed by atoms with Crippen molar-refractivity contribution < 1.29 is 38.4 Å². The van der Waals surface area contributed by atoms with E-state index in [0.717, 1.165) is 59.1 Å². The van der Waals surface area contributed by atoms with Gasteiger partial charge in [-0.25, -0.2) is 4.79 Å². The summed E-state index contributed by atoms with van der Waals surface area (Å²) in [5, 5.41) is 9.22. The van der Waals surface area contributed by atoms with Crippen LogP contribution < -0.4 is 24.7 Å². The number of fused-ring (bicyclic) bond motifs is 2. The molecule has 2 unspecified atom stereocenters. The van der Waals surface area contributed by atoms with Gasteiger partial charge in [-0.05, 0) is 83.9 Å². The highest BCUT2D eigenvalue weighted by atomic mass is 16.5. The van der Waals surface area contributed by atoms with Gasteiger partial charge in [0.1, 0.15) is 0 Å². The number of ether oxygens (including phenoxy) is 4. The average molecular weight is 798 g/mol. The number of nitrogens with zero attached hydrogens (tertiary/aromatic N) is 4. The number of hydrogen-bond acceptors (Lipinski definition) is 10. The number of carbonyl (C=O) groups excluding carboxylic acids is 2. The van der Waals surface area contributed by atoms with E-state index < -0.39 is 5.97 Å². The summed E-state index contributed by atoms with van der Waals surface area (Å²) in [5.74, 6) is 1.03. The largest absolute Gasteiger partial charge is 0.493 e. The fraction of sp³-hybridized carbons (Fsp3) is 0.283. The molecule has 13 nitrogen and oxygen atoms in total. The summed E-state index contributed by atoms with van der Waals surface area (Å²) >= 11 is 0. The first-order valence-corrected chi connectivity index (χ1v) is 19.5. The normalized spacial score (nSPS) is 17.0.